The Morgan fingerprint density at radius 1 is 1.08 bits per heavy atom. The van der Waals surface area contributed by atoms with E-state index >= 15 is 0 Å². The molecule has 6 nitrogen and oxygen atoms in total. The van der Waals surface area contributed by atoms with E-state index < -0.39 is 5.97 Å². The lowest BCUT2D eigenvalue weighted by atomic mass is 10.2. The van der Waals surface area contributed by atoms with Crippen molar-refractivity contribution in [3.63, 3.8) is 0 Å². The molecule has 26 heavy (non-hydrogen) atoms. The Hall–Kier alpha value is -3.19. The van der Waals surface area contributed by atoms with Gasteiger partial charge < -0.3 is 9.15 Å². The molecule has 130 valence electrons. The van der Waals surface area contributed by atoms with Crippen molar-refractivity contribution in [3.8, 4) is 5.75 Å². The summed E-state index contributed by atoms with van der Waals surface area (Å²) in [6, 6.07) is 16.9. The lowest BCUT2D eigenvalue weighted by Gasteiger charge is -2.06. The number of hydrazone groups is 1. The number of rotatable bonds is 5. The van der Waals surface area contributed by atoms with Crippen LogP contribution in [0, 0.1) is 0 Å². The minimum absolute atomic E-state index is 0.0909. The van der Waals surface area contributed by atoms with E-state index in [9.17, 15) is 9.59 Å². The number of furan rings is 1. The number of nitrogens with one attached hydrogen (secondary N) is 1. The van der Waals surface area contributed by atoms with Gasteiger partial charge >= 0.3 is 5.97 Å². The monoisotopic (exact) mass is 412 g/mol. The van der Waals surface area contributed by atoms with Gasteiger partial charge in [-0.2, -0.15) is 5.10 Å². The minimum atomic E-state index is -0.625. The second-order valence-corrected chi connectivity index (χ2v) is 6.03. The maximum absolute atomic E-state index is 12.0. The highest BCUT2D eigenvalue weighted by Crippen LogP contribution is 2.23. The van der Waals surface area contributed by atoms with Gasteiger partial charge in [0.25, 0.3) is 5.91 Å². The topological polar surface area (TPSA) is 80.9 Å². The van der Waals surface area contributed by atoms with Gasteiger partial charge in [0, 0.05) is 15.6 Å². The highest BCUT2D eigenvalue weighted by atomic mass is 79.9. The van der Waals surface area contributed by atoms with Crippen molar-refractivity contribution < 1.29 is 18.7 Å². The summed E-state index contributed by atoms with van der Waals surface area (Å²) in [6.45, 7) is 0. The molecule has 7 heteroatoms. The van der Waals surface area contributed by atoms with Crippen molar-refractivity contribution >= 4 is 34.0 Å². The standard InChI is InChI=1S/C19H13BrN2O4/c20-15-8-9-16(26-19(24)17-7-4-10-25-17)14(11-15)12-21-22-18(23)13-5-2-1-3-6-13/h1-12H,(H,22,23)/b21-12-. The number of ether oxygens (including phenoxy) is 1. The van der Waals surface area contributed by atoms with Crippen LogP contribution in [0.3, 0.4) is 0 Å². The van der Waals surface area contributed by atoms with Crippen LogP contribution in [0.25, 0.3) is 0 Å². The molecule has 0 aliphatic carbocycles. The Morgan fingerprint density at radius 2 is 1.88 bits per heavy atom. The minimum Gasteiger partial charge on any atom is -0.457 e. The fourth-order valence-electron chi connectivity index (χ4n) is 2.07. The predicted octanol–water partition coefficient (Wildman–Crippen LogP) is 4.03. The molecule has 0 atom stereocenters. The molecule has 0 spiro atoms. The van der Waals surface area contributed by atoms with Crippen molar-refractivity contribution in [1.82, 2.24) is 5.43 Å². The summed E-state index contributed by atoms with van der Waals surface area (Å²) in [5, 5.41) is 3.93. The van der Waals surface area contributed by atoms with E-state index in [0.717, 1.165) is 4.47 Å². The molecular formula is C19H13BrN2O4. The van der Waals surface area contributed by atoms with Gasteiger partial charge in [-0.15, -0.1) is 0 Å². The number of halogens is 1. The van der Waals surface area contributed by atoms with Crippen molar-refractivity contribution in [1.29, 1.82) is 0 Å². The quantitative estimate of drug-likeness (QED) is 0.297. The number of carbonyl (C=O) groups excluding carboxylic acids is 2. The third-order valence-corrected chi connectivity index (χ3v) is 3.80. The third kappa shape index (κ3) is 4.46. The van der Waals surface area contributed by atoms with Crippen LogP contribution in [0.4, 0.5) is 0 Å². The highest BCUT2D eigenvalue weighted by molar-refractivity contribution is 9.10. The van der Waals surface area contributed by atoms with Gasteiger partial charge in [-0.25, -0.2) is 10.2 Å². The number of benzene rings is 2. The van der Waals surface area contributed by atoms with Gasteiger partial charge in [0.1, 0.15) is 5.75 Å². The molecule has 0 aliphatic rings. The van der Waals surface area contributed by atoms with Crippen LogP contribution >= 0.6 is 15.9 Å². The lowest BCUT2D eigenvalue weighted by molar-refractivity contribution is 0.0701. The van der Waals surface area contributed by atoms with Crippen molar-refractivity contribution in [2.45, 2.75) is 0 Å². The first kappa shape index (κ1) is 17.6. The molecule has 0 bridgehead atoms. The number of hydrogen-bond acceptors (Lipinski definition) is 5. The summed E-state index contributed by atoms with van der Waals surface area (Å²) < 4.78 is 11.1. The first-order chi connectivity index (χ1) is 12.6. The first-order valence-electron chi connectivity index (χ1n) is 7.57. The molecule has 0 fully saturated rings. The van der Waals surface area contributed by atoms with E-state index in [1.165, 1.54) is 18.5 Å². The smallest absolute Gasteiger partial charge is 0.379 e. The van der Waals surface area contributed by atoms with Gasteiger partial charge in [0.15, 0.2) is 0 Å². The van der Waals surface area contributed by atoms with Crippen LogP contribution in [0.2, 0.25) is 0 Å². The molecule has 3 aromatic rings. The number of amides is 1. The fraction of sp³-hybridized carbons (Fsp3) is 0. The Balaban J connectivity index is 1.73. The van der Waals surface area contributed by atoms with Crippen molar-refractivity contribution in [2.75, 3.05) is 0 Å². The second kappa shape index (κ2) is 8.26. The highest BCUT2D eigenvalue weighted by Gasteiger charge is 2.14. The van der Waals surface area contributed by atoms with E-state index in [4.69, 9.17) is 9.15 Å². The van der Waals surface area contributed by atoms with E-state index in [1.54, 1.807) is 48.5 Å². The molecule has 2 aromatic carbocycles. The van der Waals surface area contributed by atoms with Crippen molar-refractivity contribution in [3.05, 3.63) is 88.3 Å². The molecule has 0 unspecified atom stereocenters. The Kier molecular flexibility index (Phi) is 5.60. The summed E-state index contributed by atoms with van der Waals surface area (Å²) in [5.41, 5.74) is 3.43. The molecular weight excluding hydrogens is 400 g/mol. The van der Waals surface area contributed by atoms with E-state index in [1.807, 2.05) is 6.07 Å². The summed E-state index contributed by atoms with van der Waals surface area (Å²) in [5.74, 6) is -0.591. The van der Waals surface area contributed by atoms with Crippen LogP contribution in [0.1, 0.15) is 26.5 Å². The van der Waals surface area contributed by atoms with Crippen LogP contribution in [0.5, 0.6) is 5.75 Å². The van der Waals surface area contributed by atoms with Gasteiger partial charge in [0.05, 0.1) is 12.5 Å². The Morgan fingerprint density at radius 3 is 2.62 bits per heavy atom. The average Bonchev–Trinajstić information content (AvgIpc) is 3.19. The fourth-order valence-corrected chi connectivity index (χ4v) is 2.45. The van der Waals surface area contributed by atoms with Gasteiger partial charge in [-0.3, -0.25) is 4.79 Å². The van der Waals surface area contributed by atoms with Gasteiger partial charge in [-0.05, 0) is 42.5 Å². The Bertz CT molecular complexity index is 937. The number of hydrogen-bond donors (Lipinski definition) is 1. The maximum Gasteiger partial charge on any atom is 0.379 e. The SMILES string of the molecule is O=C(N/N=C\c1cc(Br)ccc1OC(=O)c1ccco1)c1ccccc1. The predicted molar refractivity (Wildman–Crippen MR) is 99.3 cm³/mol. The van der Waals surface area contributed by atoms with Crippen LogP contribution in [-0.4, -0.2) is 18.1 Å². The summed E-state index contributed by atoms with van der Waals surface area (Å²) in [6.07, 6.45) is 2.79. The van der Waals surface area contributed by atoms with Gasteiger partial charge in [-0.1, -0.05) is 34.1 Å². The third-order valence-electron chi connectivity index (χ3n) is 3.30. The number of esters is 1. The van der Waals surface area contributed by atoms with Crippen LogP contribution in [0.15, 0.2) is 80.9 Å². The summed E-state index contributed by atoms with van der Waals surface area (Å²) in [7, 11) is 0. The maximum atomic E-state index is 12.0. The molecule has 1 aromatic heterocycles. The Labute approximate surface area is 157 Å². The normalized spacial score (nSPS) is 10.7. The van der Waals surface area contributed by atoms with E-state index in [-0.39, 0.29) is 17.4 Å². The number of carbonyl (C=O) groups is 2. The molecule has 1 amide bonds. The molecule has 0 saturated heterocycles. The van der Waals surface area contributed by atoms with Crippen molar-refractivity contribution in [2.24, 2.45) is 5.10 Å². The van der Waals surface area contributed by atoms with E-state index in [0.29, 0.717) is 11.1 Å². The van der Waals surface area contributed by atoms with Gasteiger partial charge in [0.2, 0.25) is 5.76 Å². The molecule has 0 radical (unpaired) electrons. The first-order valence-corrected chi connectivity index (χ1v) is 8.36. The zero-order valence-corrected chi connectivity index (χ0v) is 15.0. The number of nitrogens with zero attached hydrogens (tertiary/aromatic N) is 1. The molecule has 3 rings (SSSR count). The van der Waals surface area contributed by atoms with E-state index in [2.05, 4.69) is 26.5 Å². The summed E-state index contributed by atoms with van der Waals surface area (Å²) >= 11 is 3.35. The zero-order chi connectivity index (χ0) is 18.4. The summed E-state index contributed by atoms with van der Waals surface area (Å²) in [4.78, 5) is 24.0. The largest absolute Gasteiger partial charge is 0.457 e. The molecule has 0 aliphatic heterocycles. The molecule has 1 N–H and O–H groups in total. The van der Waals surface area contributed by atoms with Crippen LogP contribution < -0.4 is 10.2 Å². The lowest BCUT2D eigenvalue weighted by Crippen LogP contribution is -2.17. The molecule has 1 heterocycles. The second-order valence-electron chi connectivity index (χ2n) is 5.11. The molecule has 0 saturated carbocycles. The van der Waals surface area contributed by atoms with Crippen LogP contribution in [-0.2, 0) is 0 Å². The average molecular weight is 413 g/mol. The zero-order valence-electron chi connectivity index (χ0n) is 13.4.